The van der Waals surface area contributed by atoms with Crippen LogP contribution < -0.4 is 11.4 Å². The number of halogens is 3. The normalized spacial score (nSPS) is 11.9. The zero-order chi connectivity index (χ0) is 14.7. The van der Waals surface area contributed by atoms with Gasteiger partial charge in [-0.05, 0) is 17.7 Å². The Bertz CT molecular complexity index is 705. The fraction of sp³-hybridized carbons (Fsp3) is 0.167. The zero-order valence-electron chi connectivity index (χ0n) is 10.3. The molecule has 0 radical (unpaired) electrons. The average Bonchev–Trinajstić information content (AvgIpc) is 2.80. The van der Waals surface area contributed by atoms with Crippen molar-refractivity contribution in [2.75, 3.05) is 6.54 Å². The van der Waals surface area contributed by atoms with Gasteiger partial charge in [0.1, 0.15) is 6.33 Å². The minimum absolute atomic E-state index is 0.0546. The Morgan fingerprint density at radius 2 is 2.10 bits per heavy atom. The van der Waals surface area contributed by atoms with E-state index in [2.05, 4.69) is 5.10 Å². The van der Waals surface area contributed by atoms with Crippen LogP contribution in [0.2, 0.25) is 0 Å². The average molecular weight is 284 g/mol. The van der Waals surface area contributed by atoms with Crippen LogP contribution in [0.25, 0.3) is 5.69 Å². The van der Waals surface area contributed by atoms with E-state index in [1.165, 1.54) is 6.07 Å². The standard InChI is InChI=1S/C12H11F3N4O/c13-4-8(5-16)6-19-12(20)18(7-17-19)9-1-2-10(14)11(15)3-9/h1-4,7H,5-6,16H2/b8-4+. The van der Waals surface area contributed by atoms with E-state index in [1.54, 1.807) is 0 Å². The molecule has 0 aliphatic heterocycles. The number of nitrogens with zero attached hydrogens (tertiary/aromatic N) is 3. The fourth-order valence-corrected chi connectivity index (χ4v) is 1.59. The topological polar surface area (TPSA) is 65.8 Å². The van der Waals surface area contributed by atoms with Gasteiger partial charge in [0.25, 0.3) is 0 Å². The molecule has 1 aromatic carbocycles. The number of hydrogen-bond acceptors (Lipinski definition) is 3. The third kappa shape index (κ3) is 2.64. The number of benzene rings is 1. The molecule has 8 heteroatoms. The molecule has 1 heterocycles. The predicted molar refractivity (Wildman–Crippen MR) is 66.0 cm³/mol. The molecule has 0 aliphatic rings. The van der Waals surface area contributed by atoms with Gasteiger partial charge < -0.3 is 5.73 Å². The highest BCUT2D eigenvalue weighted by Crippen LogP contribution is 2.11. The summed E-state index contributed by atoms with van der Waals surface area (Å²) in [4.78, 5) is 12.0. The summed E-state index contributed by atoms with van der Waals surface area (Å²) in [5.74, 6) is -2.09. The van der Waals surface area contributed by atoms with Crippen LogP contribution in [0.15, 0.2) is 41.2 Å². The lowest BCUT2D eigenvalue weighted by atomic mass is 10.3. The van der Waals surface area contributed by atoms with Gasteiger partial charge in [0.15, 0.2) is 11.6 Å². The molecule has 0 atom stereocenters. The van der Waals surface area contributed by atoms with Gasteiger partial charge in [0.05, 0.1) is 18.6 Å². The summed E-state index contributed by atoms with van der Waals surface area (Å²) in [5.41, 5.74) is 4.99. The van der Waals surface area contributed by atoms with Crippen molar-refractivity contribution in [3.8, 4) is 5.69 Å². The number of aromatic nitrogens is 3. The van der Waals surface area contributed by atoms with Crippen molar-refractivity contribution in [3.63, 3.8) is 0 Å². The molecular formula is C12H11F3N4O. The summed E-state index contributed by atoms with van der Waals surface area (Å²) in [5, 5.41) is 3.77. The van der Waals surface area contributed by atoms with E-state index < -0.39 is 17.3 Å². The molecular weight excluding hydrogens is 273 g/mol. The van der Waals surface area contributed by atoms with Gasteiger partial charge in [0.2, 0.25) is 0 Å². The molecule has 20 heavy (non-hydrogen) atoms. The van der Waals surface area contributed by atoms with Crippen molar-refractivity contribution in [1.29, 1.82) is 0 Å². The smallest absolute Gasteiger partial charge is 0.327 e. The first kappa shape index (κ1) is 14.1. The van der Waals surface area contributed by atoms with Crippen LogP contribution in [0.3, 0.4) is 0 Å². The highest BCUT2D eigenvalue weighted by Gasteiger charge is 2.10. The lowest BCUT2D eigenvalue weighted by Gasteiger charge is -2.02. The number of hydrogen-bond donors (Lipinski definition) is 1. The highest BCUT2D eigenvalue weighted by atomic mass is 19.2. The van der Waals surface area contributed by atoms with E-state index >= 15 is 0 Å². The van der Waals surface area contributed by atoms with Crippen molar-refractivity contribution >= 4 is 0 Å². The largest absolute Gasteiger partial charge is 0.350 e. The molecule has 2 N–H and O–H groups in total. The third-order valence-corrected chi connectivity index (χ3v) is 2.68. The summed E-state index contributed by atoms with van der Waals surface area (Å²) in [6, 6.07) is 3.01. The summed E-state index contributed by atoms with van der Waals surface area (Å²) >= 11 is 0. The second-order valence-corrected chi connectivity index (χ2v) is 4.01. The second-order valence-electron chi connectivity index (χ2n) is 4.01. The van der Waals surface area contributed by atoms with Gasteiger partial charge in [-0.2, -0.15) is 5.10 Å². The van der Waals surface area contributed by atoms with Crippen LogP contribution in [0.4, 0.5) is 13.2 Å². The van der Waals surface area contributed by atoms with Gasteiger partial charge in [-0.15, -0.1) is 0 Å². The SMILES string of the molecule is NC/C(=C\F)Cn1ncn(-c2ccc(F)c(F)c2)c1=O. The van der Waals surface area contributed by atoms with E-state index in [4.69, 9.17) is 5.73 Å². The zero-order valence-corrected chi connectivity index (χ0v) is 10.3. The van der Waals surface area contributed by atoms with E-state index in [-0.39, 0.29) is 24.4 Å². The van der Waals surface area contributed by atoms with Crippen molar-refractivity contribution in [2.24, 2.45) is 5.73 Å². The Labute approximate surface area is 111 Å². The van der Waals surface area contributed by atoms with Crippen LogP contribution in [-0.4, -0.2) is 20.9 Å². The third-order valence-electron chi connectivity index (χ3n) is 2.68. The van der Waals surface area contributed by atoms with Crippen LogP contribution in [-0.2, 0) is 6.54 Å². The van der Waals surface area contributed by atoms with Gasteiger partial charge in [0, 0.05) is 12.6 Å². The van der Waals surface area contributed by atoms with E-state index in [0.29, 0.717) is 6.33 Å². The van der Waals surface area contributed by atoms with Crippen LogP contribution in [0.5, 0.6) is 0 Å². The Kier molecular flexibility index (Phi) is 4.04. The molecule has 0 aliphatic carbocycles. The quantitative estimate of drug-likeness (QED) is 0.915. The summed E-state index contributed by atoms with van der Waals surface area (Å²) < 4.78 is 40.4. The lowest BCUT2D eigenvalue weighted by molar-refractivity contribution is 0.507. The van der Waals surface area contributed by atoms with E-state index in [9.17, 15) is 18.0 Å². The highest BCUT2D eigenvalue weighted by molar-refractivity contribution is 5.32. The molecule has 0 bridgehead atoms. The van der Waals surface area contributed by atoms with Crippen molar-refractivity contribution in [3.05, 3.63) is 58.5 Å². The maximum atomic E-state index is 13.1. The molecule has 2 rings (SSSR count). The van der Waals surface area contributed by atoms with Crippen LogP contribution in [0, 0.1) is 11.6 Å². The molecule has 0 saturated heterocycles. The maximum Gasteiger partial charge on any atom is 0.350 e. The molecule has 0 fully saturated rings. The van der Waals surface area contributed by atoms with Crippen molar-refractivity contribution < 1.29 is 13.2 Å². The van der Waals surface area contributed by atoms with Crippen molar-refractivity contribution in [1.82, 2.24) is 14.3 Å². The van der Waals surface area contributed by atoms with E-state index in [1.807, 2.05) is 0 Å². The Morgan fingerprint density at radius 1 is 1.35 bits per heavy atom. The summed E-state index contributed by atoms with van der Waals surface area (Å²) in [7, 11) is 0. The molecule has 0 saturated carbocycles. The molecule has 2 aromatic rings. The first-order chi connectivity index (χ1) is 9.56. The minimum atomic E-state index is -1.08. The second kappa shape index (κ2) is 5.74. The molecule has 0 amide bonds. The lowest BCUT2D eigenvalue weighted by Crippen LogP contribution is -2.26. The molecule has 0 spiro atoms. The minimum Gasteiger partial charge on any atom is -0.327 e. The molecule has 5 nitrogen and oxygen atoms in total. The predicted octanol–water partition coefficient (Wildman–Crippen LogP) is 1.12. The monoisotopic (exact) mass is 284 g/mol. The maximum absolute atomic E-state index is 13.1. The molecule has 1 aromatic heterocycles. The Morgan fingerprint density at radius 3 is 2.70 bits per heavy atom. The van der Waals surface area contributed by atoms with Crippen LogP contribution in [0.1, 0.15) is 0 Å². The van der Waals surface area contributed by atoms with Crippen LogP contribution >= 0.6 is 0 Å². The van der Waals surface area contributed by atoms with Gasteiger partial charge in [-0.3, -0.25) is 0 Å². The van der Waals surface area contributed by atoms with Gasteiger partial charge in [-0.25, -0.2) is 27.2 Å². The summed E-state index contributed by atoms with van der Waals surface area (Å²) in [6.45, 7) is -0.163. The number of rotatable bonds is 4. The molecule has 0 unspecified atom stereocenters. The van der Waals surface area contributed by atoms with Gasteiger partial charge in [-0.1, -0.05) is 0 Å². The first-order valence-corrected chi connectivity index (χ1v) is 5.65. The fourth-order valence-electron chi connectivity index (χ4n) is 1.59. The number of nitrogens with two attached hydrogens (primary N) is 1. The first-order valence-electron chi connectivity index (χ1n) is 5.65. The molecule has 106 valence electrons. The van der Waals surface area contributed by atoms with Gasteiger partial charge >= 0.3 is 5.69 Å². The van der Waals surface area contributed by atoms with Crippen molar-refractivity contribution in [2.45, 2.75) is 6.54 Å². The Balaban J connectivity index is 2.38. The summed E-state index contributed by atoms with van der Waals surface area (Å²) in [6.07, 6.45) is 1.45. The Hall–Kier alpha value is -2.35. The van der Waals surface area contributed by atoms with E-state index in [0.717, 1.165) is 27.7 Å².